The van der Waals surface area contributed by atoms with Crippen molar-refractivity contribution in [1.82, 2.24) is 0 Å². The summed E-state index contributed by atoms with van der Waals surface area (Å²) in [5.74, 6) is 0. The molecule has 0 rings (SSSR count). The van der Waals surface area contributed by atoms with Crippen LogP contribution in [0.15, 0.2) is 0 Å². The minimum atomic E-state index is 0. The third-order valence-corrected chi connectivity index (χ3v) is 0. The van der Waals surface area contributed by atoms with E-state index >= 15 is 0 Å². The van der Waals surface area contributed by atoms with E-state index in [0.717, 1.165) is 0 Å². The van der Waals surface area contributed by atoms with Gasteiger partial charge in [0.25, 0.3) is 0 Å². The van der Waals surface area contributed by atoms with Gasteiger partial charge in [0.15, 0.2) is 5.11 Å². The maximum Gasteiger partial charge on any atom is 0.160 e. The van der Waals surface area contributed by atoms with E-state index < -0.39 is 0 Å². The Morgan fingerprint density at radius 1 is 1.40 bits per heavy atom. The SMILES string of the molecule is NC(N)=S.[Ir]. The van der Waals surface area contributed by atoms with Gasteiger partial charge in [0.1, 0.15) is 0 Å². The van der Waals surface area contributed by atoms with Gasteiger partial charge in [-0.25, -0.2) is 0 Å². The molecule has 0 aliphatic carbocycles. The van der Waals surface area contributed by atoms with Crippen LogP contribution >= 0.6 is 12.2 Å². The third kappa shape index (κ3) is 206. The molecule has 0 atom stereocenters. The van der Waals surface area contributed by atoms with Crippen LogP contribution in [0.1, 0.15) is 0 Å². The summed E-state index contributed by atoms with van der Waals surface area (Å²) in [6, 6.07) is 0. The zero-order valence-electron chi connectivity index (χ0n) is 2.40. The van der Waals surface area contributed by atoms with Crippen LogP contribution in [0.4, 0.5) is 0 Å². The average molecular weight is 268 g/mol. The van der Waals surface area contributed by atoms with Gasteiger partial charge in [-0.05, 0) is 12.2 Å². The van der Waals surface area contributed by atoms with Crippen molar-refractivity contribution in [1.29, 1.82) is 0 Å². The molecule has 0 heterocycles. The Balaban J connectivity index is 0. The maximum absolute atomic E-state index is 4.62. The predicted molar refractivity (Wildman–Crippen MR) is 21.0 cm³/mol. The number of nitrogens with two attached hydrogens (primary N) is 2. The molecule has 0 amide bonds. The van der Waals surface area contributed by atoms with Gasteiger partial charge in [-0.1, -0.05) is 0 Å². The minimum absolute atomic E-state index is 0. The normalized spacial score (nSPS) is 4.80. The standard InChI is InChI=1S/CH4N2S.Ir/c2-1(3)4;/h(H4,2,3,4);. The van der Waals surface area contributed by atoms with E-state index in [1.54, 1.807) is 0 Å². The molecule has 0 fully saturated rings. The van der Waals surface area contributed by atoms with Crippen molar-refractivity contribution >= 4 is 17.3 Å². The summed E-state index contributed by atoms with van der Waals surface area (Å²) in [7, 11) is 0. The summed E-state index contributed by atoms with van der Waals surface area (Å²) in [5.41, 5.74) is 9.24. The van der Waals surface area contributed by atoms with Crippen LogP contribution in [0.5, 0.6) is 0 Å². The van der Waals surface area contributed by atoms with Gasteiger partial charge in [-0.2, -0.15) is 0 Å². The summed E-state index contributed by atoms with van der Waals surface area (Å²) in [5, 5.41) is 0.000000000000000222. The van der Waals surface area contributed by atoms with Gasteiger partial charge in [0.05, 0.1) is 0 Å². The first-order chi connectivity index (χ1) is 1.73. The Morgan fingerprint density at radius 2 is 1.40 bits per heavy atom. The van der Waals surface area contributed by atoms with E-state index in [9.17, 15) is 0 Å². The molecule has 4 N–H and O–H groups in total. The Bertz CT molecular complexity index is 32.6. The molecule has 5 heavy (non-hydrogen) atoms. The van der Waals surface area contributed by atoms with E-state index in [4.69, 9.17) is 0 Å². The second-order valence-corrected chi connectivity index (χ2v) is 0.874. The Labute approximate surface area is 49.3 Å². The molecule has 0 saturated carbocycles. The van der Waals surface area contributed by atoms with Crippen LogP contribution in [0.2, 0.25) is 0 Å². The van der Waals surface area contributed by atoms with Crippen molar-refractivity contribution in [2.75, 3.05) is 0 Å². The van der Waals surface area contributed by atoms with Crippen molar-refractivity contribution in [3.63, 3.8) is 0 Å². The number of hydrogen-bond donors (Lipinski definition) is 2. The maximum atomic E-state index is 4.62. The predicted octanol–water partition coefficient (Wildman–Crippen LogP) is -0.814. The number of thiocarbonyl (C=S) groups is 1. The first-order valence-corrected chi connectivity index (χ1v) is 1.19. The Hall–Kier alpha value is 0.339. The summed E-state index contributed by atoms with van der Waals surface area (Å²) in [6.45, 7) is 0. The number of hydrogen-bond acceptors (Lipinski definition) is 1. The van der Waals surface area contributed by atoms with E-state index in [1.807, 2.05) is 0 Å². The minimum Gasteiger partial charge on any atom is -0.377 e. The van der Waals surface area contributed by atoms with Crippen LogP contribution in [0.3, 0.4) is 0 Å². The molecule has 0 saturated heterocycles. The zero-order chi connectivity index (χ0) is 3.58. The molecule has 0 spiro atoms. The summed E-state index contributed by atoms with van der Waals surface area (Å²) in [4.78, 5) is 0. The van der Waals surface area contributed by atoms with Gasteiger partial charge >= 0.3 is 0 Å². The summed E-state index contributed by atoms with van der Waals surface area (Å²) < 4.78 is 0. The average Bonchev–Trinajstić information content (AvgIpc) is 0.811. The summed E-state index contributed by atoms with van der Waals surface area (Å²) >= 11 is 4.09. The van der Waals surface area contributed by atoms with E-state index in [2.05, 4.69) is 23.7 Å². The summed E-state index contributed by atoms with van der Waals surface area (Å²) in [6.07, 6.45) is 0. The van der Waals surface area contributed by atoms with E-state index in [1.165, 1.54) is 0 Å². The molecular weight excluding hydrogens is 264 g/mol. The van der Waals surface area contributed by atoms with Gasteiger partial charge in [0.2, 0.25) is 0 Å². The van der Waals surface area contributed by atoms with Gasteiger partial charge < -0.3 is 11.5 Å². The molecule has 0 aromatic carbocycles. The molecule has 1 radical (unpaired) electrons. The second-order valence-electron chi connectivity index (χ2n) is 0.402. The van der Waals surface area contributed by atoms with Crippen LogP contribution < -0.4 is 11.5 Å². The smallest absolute Gasteiger partial charge is 0.160 e. The third-order valence-electron chi connectivity index (χ3n) is 0. The molecule has 0 bridgehead atoms. The molecule has 33 valence electrons. The fourth-order valence-corrected chi connectivity index (χ4v) is 0. The molecule has 0 aliphatic heterocycles. The molecule has 2 nitrogen and oxygen atoms in total. The topological polar surface area (TPSA) is 52.0 Å². The quantitative estimate of drug-likeness (QED) is 0.565. The first kappa shape index (κ1) is 9.02. The molecule has 0 unspecified atom stereocenters. The monoisotopic (exact) mass is 269 g/mol. The van der Waals surface area contributed by atoms with Gasteiger partial charge in [-0.15, -0.1) is 0 Å². The van der Waals surface area contributed by atoms with Crippen molar-refractivity contribution in [3.05, 3.63) is 0 Å². The van der Waals surface area contributed by atoms with Crippen LogP contribution in [-0.2, 0) is 20.1 Å². The van der Waals surface area contributed by atoms with Gasteiger partial charge in [0, 0.05) is 20.1 Å². The largest absolute Gasteiger partial charge is 0.377 e. The van der Waals surface area contributed by atoms with Crippen LogP contribution in [0, 0.1) is 0 Å². The van der Waals surface area contributed by atoms with Crippen LogP contribution in [-0.4, -0.2) is 5.11 Å². The fraction of sp³-hybridized carbons (Fsp3) is 0. The van der Waals surface area contributed by atoms with Crippen molar-refractivity contribution < 1.29 is 20.1 Å². The molecular formula is CH4IrN2S. The fourth-order valence-electron chi connectivity index (χ4n) is 0. The molecule has 0 aromatic rings. The first-order valence-electron chi connectivity index (χ1n) is 0.781. The van der Waals surface area contributed by atoms with Crippen molar-refractivity contribution in [2.45, 2.75) is 0 Å². The van der Waals surface area contributed by atoms with E-state index in [0.29, 0.717) is 0 Å². The van der Waals surface area contributed by atoms with Crippen molar-refractivity contribution in [3.8, 4) is 0 Å². The molecule has 4 heteroatoms. The number of rotatable bonds is 0. The van der Waals surface area contributed by atoms with E-state index in [-0.39, 0.29) is 25.2 Å². The molecule has 0 aromatic heterocycles. The molecule has 0 aliphatic rings. The van der Waals surface area contributed by atoms with Crippen molar-refractivity contribution in [2.24, 2.45) is 11.5 Å². The zero-order valence-corrected chi connectivity index (χ0v) is 5.61. The Morgan fingerprint density at radius 3 is 1.40 bits per heavy atom. The van der Waals surface area contributed by atoms with Crippen LogP contribution in [0.25, 0.3) is 0 Å². The van der Waals surface area contributed by atoms with Gasteiger partial charge in [-0.3, -0.25) is 0 Å². The second kappa shape index (κ2) is 4.34. The Kier molecular flexibility index (Phi) is 7.82.